The zero-order chi connectivity index (χ0) is 9.03. The minimum absolute atomic E-state index is 0.311. The summed E-state index contributed by atoms with van der Waals surface area (Å²) in [6.07, 6.45) is 4.91. The van der Waals surface area contributed by atoms with E-state index in [1.807, 2.05) is 6.92 Å². The lowest BCUT2D eigenvalue weighted by Gasteiger charge is -2.32. The summed E-state index contributed by atoms with van der Waals surface area (Å²) >= 11 is 0. The van der Waals surface area contributed by atoms with E-state index in [2.05, 4.69) is 0 Å². The molecule has 3 heteroatoms. The monoisotopic (exact) mass is 186 g/mol. The second-order valence-electron chi connectivity index (χ2n) is 3.71. The predicted molar refractivity (Wildman–Crippen MR) is 52.4 cm³/mol. The van der Waals surface area contributed by atoms with Crippen molar-refractivity contribution in [1.82, 2.24) is 0 Å². The molecule has 1 atom stereocenters. The largest absolute Gasteiger partial charge is 0.372 e. The highest BCUT2D eigenvalue weighted by atomic mass is 28.1. The average molecular weight is 186 g/mol. The Morgan fingerprint density at radius 1 is 1.58 bits per heavy atom. The molecule has 0 aromatic heterocycles. The van der Waals surface area contributed by atoms with Crippen molar-refractivity contribution in [1.29, 1.82) is 0 Å². The van der Waals surface area contributed by atoms with Crippen LogP contribution in [0.4, 0.5) is 0 Å². The Labute approximate surface area is 77.1 Å². The summed E-state index contributed by atoms with van der Waals surface area (Å²) in [4.78, 5) is 11.6. The van der Waals surface area contributed by atoms with E-state index in [-0.39, 0.29) is 5.22 Å². The van der Waals surface area contributed by atoms with Gasteiger partial charge in [0.25, 0.3) is 0 Å². The Hall–Kier alpha value is -0.153. The quantitative estimate of drug-likeness (QED) is 0.604. The van der Waals surface area contributed by atoms with Crippen LogP contribution in [0.2, 0.25) is 0 Å². The molecule has 0 bridgehead atoms. The van der Waals surface area contributed by atoms with Gasteiger partial charge in [-0.2, -0.15) is 0 Å². The van der Waals surface area contributed by atoms with E-state index in [9.17, 15) is 4.79 Å². The highest BCUT2D eigenvalue weighted by Gasteiger charge is 2.34. The first kappa shape index (κ1) is 9.93. The van der Waals surface area contributed by atoms with E-state index in [1.54, 1.807) is 0 Å². The Morgan fingerprint density at radius 2 is 2.33 bits per heavy atom. The molecule has 1 aliphatic rings. The van der Waals surface area contributed by atoms with Crippen molar-refractivity contribution in [2.45, 2.75) is 44.3 Å². The van der Waals surface area contributed by atoms with Crippen LogP contribution >= 0.6 is 0 Å². The van der Waals surface area contributed by atoms with E-state index in [4.69, 9.17) is 4.74 Å². The van der Waals surface area contributed by atoms with Gasteiger partial charge in [-0.3, -0.25) is 4.79 Å². The van der Waals surface area contributed by atoms with Crippen LogP contribution in [0.5, 0.6) is 0 Å². The highest BCUT2D eigenvalue weighted by molar-refractivity contribution is 6.27. The third-order valence-electron chi connectivity index (χ3n) is 2.54. The molecular formula is C9H18O2Si. The molecule has 1 saturated heterocycles. The Morgan fingerprint density at radius 3 is 2.83 bits per heavy atom. The SMILES string of the molecule is CCCC(=O)C1([SiH3])CCCCO1. The molecule has 0 spiro atoms. The molecule has 0 aromatic rings. The summed E-state index contributed by atoms with van der Waals surface area (Å²) in [5.74, 6) is 0.344. The van der Waals surface area contributed by atoms with Crippen LogP contribution in [0, 0.1) is 0 Å². The van der Waals surface area contributed by atoms with Gasteiger partial charge in [-0.1, -0.05) is 6.92 Å². The highest BCUT2D eigenvalue weighted by Crippen LogP contribution is 2.24. The topological polar surface area (TPSA) is 26.3 Å². The molecule has 2 nitrogen and oxygen atoms in total. The van der Waals surface area contributed by atoms with Gasteiger partial charge in [-0.25, -0.2) is 0 Å². The smallest absolute Gasteiger partial charge is 0.160 e. The van der Waals surface area contributed by atoms with Crippen LogP contribution in [0.3, 0.4) is 0 Å². The zero-order valence-electron chi connectivity index (χ0n) is 8.06. The van der Waals surface area contributed by atoms with Gasteiger partial charge in [-0.05, 0) is 25.7 Å². The molecule has 0 aliphatic carbocycles. The maximum atomic E-state index is 11.6. The molecule has 0 aromatic carbocycles. The molecular weight excluding hydrogens is 168 g/mol. The standard InChI is InChI=1S/C9H18O2Si/c1-2-5-8(10)9(12)6-3-4-7-11-9/h2-7H2,1,12H3. The number of carbonyl (C=O) groups is 1. The third-order valence-corrected chi connectivity index (χ3v) is 3.88. The molecule has 1 fully saturated rings. The maximum absolute atomic E-state index is 11.6. The normalized spacial score (nSPS) is 30.4. The van der Waals surface area contributed by atoms with Gasteiger partial charge in [-0.15, -0.1) is 0 Å². The van der Waals surface area contributed by atoms with Crippen molar-refractivity contribution in [2.75, 3.05) is 6.61 Å². The molecule has 1 unspecified atom stereocenters. The van der Waals surface area contributed by atoms with Crippen molar-refractivity contribution in [3.63, 3.8) is 0 Å². The van der Waals surface area contributed by atoms with Gasteiger partial charge in [0.15, 0.2) is 5.78 Å². The zero-order valence-corrected chi connectivity index (χ0v) is 10.1. The van der Waals surface area contributed by atoms with Gasteiger partial charge in [0.1, 0.15) is 5.22 Å². The fourth-order valence-corrected chi connectivity index (χ4v) is 2.45. The van der Waals surface area contributed by atoms with Gasteiger partial charge in [0.05, 0.1) is 10.2 Å². The molecule has 1 aliphatic heterocycles. The molecule has 70 valence electrons. The number of ketones is 1. The van der Waals surface area contributed by atoms with Gasteiger partial charge in [0.2, 0.25) is 0 Å². The van der Waals surface area contributed by atoms with Crippen LogP contribution in [0.25, 0.3) is 0 Å². The minimum Gasteiger partial charge on any atom is -0.372 e. The maximum Gasteiger partial charge on any atom is 0.160 e. The van der Waals surface area contributed by atoms with Gasteiger partial charge < -0.3 is 4.74 Å². The summed E-state index contributed by atoms with van der Waals surface area (Å²) in [6.45, 7) is 2.84. The lowest BCUT2D eigenvalue weighted by atomic mass is 10.0. The van der Waals surface area contributed by atoms with E-state index in [0.29, 0.717) is 12.2 Å². The number of hydrogen-bond donors (Lipinski definition) is 0. The van der Waals surface area contributed by atoms with Crippen molar-refractivity contribution >= 4 is 16.0 Å². The Bertz CT molecular complexity index is 162. The third kappa shape index (κ3) is 2.17. The molecule has 0 saturated carbocycles. The van der Waals surface area contributed by atoms with Crippen molar-refractivity contribution in [2.24, 2.45) is 0 Å². The molecule has 0 N–H and O–H groups in total. The first-order valence-electron chi connectivity index (χ1n) is 4.86. The molecule has 0 radical (unpaired) electrons. The number of carbonyl (C=O) groups excluding carboxylic acids is 1. The Balaban J connectivity index is 2.50. The molecule has 1 heterocycles. The second kappa shape index (κ2) is 4.19. The predicted octanol–water partition coefficient (Wildman–Crippen LogP) is 0.618. The van der Waals surface area contributed by atoms with Gasteiger partial charge >= 0.3 is 0 Å². The van der Waals surface area contributed by atoms with Crippen LogP contribution in [0.15, 0.2) is 0 Å². The van der Waals surface area contributed by atoms with Crippen LogP contribution < -0.4 is 0 Å². The average Bonchev–Trinajstić information content (AvgIpc) is 2.06. The van der Waals surface area contributed by atoms with E-state index >= 15 is 0 Å². The fourth-order valence-electron chi connectivity index (χ4n) is 1.65. The summed E-state index contributed by atoms with van der Waals surface area (Å²) in [5.41, 5.74) is 0. The number of hydrogen-bond acceptors (Lipinski definition) is 2. The number of ether oxygens (including phenoxy) is 1. The van der Waals surface area contributed by atoms with E-state index in [0.717, 1.165) is 36.1 Å². The lowest BCUT2D eigenvalue weighted by Crippen LogP contribution is -2.44. The Kier molecular flexibility index (Phi) is 3.47. The summed E-state index contributed by atoms with van der Waals surface area (Å²) in [7, 11) is 0.856. The summed E-state index contributed by atoms with van der Waals surface area (Å²) < 4.78 is 5.59. The lowest BCUT2D eigenvalue weighted by molar-refractivity contribution is -0.138. The van der Waals surface area contributed by atoms with Crippen LogP contribution in [0.1, 0.15) is 39.0 Å². The summed E-state index contributed by atoms with van der Waals surface area (Å²) in [6, 6.07) is 0. The van der Waals surface area contributed by atoms with Crippen molar-refractivity contribution < 1.29 is 9.53 Å². The first-order chi connectivity index (χ1) is 5.69. The minimum atomic E-state index is -0.311. The molecule has 1 rings (SSSR count). The van der Waals surface area contributed by atoms with Crippen LogP contribution in [-0.4, -0.2) is 27.9 Å². The summed E-state index contributed by atoms with van der Waals surface area (Å²) in [5, 5.41) is -0.311. The van der Waals surface area contributed by atoms with Crippen molar-refractivity contribution in [3.8, 4) is 0 Å². The fraction of sp³-hybridized carbons (Fsp3) is 0.889. The molecule has 12 heavy (non-hydrogen) atoms. The number of Topliss-reactive ketones (excluding diaryl/α,β-unsaturated/α-hetero) is 1. The van der Waals surface area contributed by atoms with Crippen molar-refractivity contribution in [3.05, 3.63) is 0 Å². The number of rotatable bonds is 3. The second-order valence-corrected chi connectivity index (χ2v) is 5.32. The first-order valence-corrected chi connectivity index (χ1v) is 5.86. The van der Waals surface area contributed by atoms with Gasteiger partial charge in [0, 0.05) is 13.0 Å². The van der Waals surface area contributed by atoms with E-state index < -0.39 is 0 Å². The van der Waals surface area contributed by atoms with Crippen LogP contribution in [-0.2, 0) is 9.53 Å². The molecule has 0 amide bonds. The van der Waals surface area contributed by atoms with E-state index in [1.165, 1.54) is 6.42 Å².